The molecule has 4 heterocycles. The first-order valence-electron chi connectivity index (χ1n) is 16.1. The number of nitrogens with zero attached hydrogens (tertiary/aromatic N) is 2. The van der Waals surface area contributed by atoms with Crippen LogP contribution in [0.4, 0.5) is 22.9 Å². The molecule has 0 radical (unpaired) electrons. The summed E-state index contributed by atoms with van der Waals surface area (Å²) < 4.78 is 13.8. The molecular formula is C42H25BN2O2. The maximum atomic E-state index is 6.95. The smallest absolute Gasteiger partial charge is 0.462 e. The zero-order valence-electron chi connectivity index (χ0n) is 25.2. The molecule has 0 saturated heterocycles. The molecule has 218 valence electrons. The fourth-order valence-electron chi connectivity index (χ4n) is 8.01. The lowest BCUT2D eigenvalue weighted by molar-refractivity contribution is 0.625. The monoisotopic (exact) mass is 600 g/mol. The van der Waals surface area contributed by atoms with Crippen molar-refractivity contribution in [1.29, 1.82) is 0 Å². The minimum Gasteiger partial charge on any atom is -0.465 e. The molecular weight excluding hydrogens is 575 g/mol. The van der Waals surface area contributed by atoms with E-state index in [0.717, 1.165) is 61.7 Å². The topological polar surface area (TPSA) is 32.8 Å². The van der Waals surface area contributed by atoms with E-state index in [1.807, 2.05) is 6.07 Å². The number of rotatable bonds is 2. The van der Waals surface area contributed by atoms with Gasteiger partial charge in [0.1, 0.15) is 22.5 Å². The summed E-state index contributed by atoms with van der Waals surface area (Å²) in [4.78, 5) is 4.82. The number of hydrogen-bond acceptors (Lipinski definition) is 4. The Morgan fingerprint density at radius 2 is 1.11 bits per heavy atom. The molecule has 0 N–H and O–H groups in total. The van der Waals surface area contributed by atoms with Crippen LogP contribution < -0.4 is 15.3 Å². The Balaban J connectivity index is 1.27. The van der Waals surface area contributed by atoms with Gasteiger partial charge in [0.25, 0.3) is 0 Å². The van der Waals surface area contributed by atoms with Crippen LogP contribution in [0.2, 0.25) is 0 Å². The van der Waals surface area contributed by atoms with E-state index >= 15 is 0 Å². The van der Waals surface area contributed by atoms with E-state index in [1.165, 1.54) is 32.7 Å². The second-order valence-corrected chi connectivity index (χ2v) is 12.5. The number of para-hydroxylation sites is 2. The molecule has 47 heavy (non-hydrogen) atoms. The molecule has 9 aromatic rings. The summed E-state index contributed by atoms with van der Waals surface area (Å²) in [6.45, 7) is -0.296. The molecule has 0 atom stereocenters. The van der Waals surface area contributed by atoms with Gasteiger partial charge in [-0.3, -0.25) is 0 Å². The van der Waals surface area contributed by atoms with Gasteiger partial charge in [0.15, 0.2) is 0 Å². The summed E-state index contributed by atoms with van der Waals surface area (Å²) in [6, 6.07) is 53.9. The third-order valence-electron chi connectivity index (χ3n) is 10.00. The van der Waals surface area contributed by atoms with Crippen LogP contribution in [-0.4, -0.2) is 6.98 Å². The average molecular weight is 600 g/mol. The van der Waals surface area contributed by atoms with Crippen LogP contribution in [0.1, 0.15) is 0 Å². The lowest BCUT2D eigenvalue weighted by Gasteiger charge is -2.34. The molecule has 0 fully saturated rings. The SMILES string of the molecule is c1ccc(-c2ccc3c(c2)-c2c(oc4ccccc24)B2N3c3oc4ccccc4c3N2c2cc3ccccc3c3ccccc23)cc1. The van der Waals surface area contributed by atoms with Crippen LogP contribution >= 0.6 is 0 Å². The van der Waals surface area contributed by atoms with Gasteiger partial charge >= 0.3 is 6.98 Å². The molecule has 0 amide bonds. The molecule has 2 aromatic heterocycles. The van der Waals surface area contributed by atoms with Gasteiger partial charge in [-0.1, -0.05) is 115 Å². The molecule has 0 aliphatic carbocycles. The van der Waals surface area contributed by atoms with E-state index in [4.69, 9.17) is 8.83 Å². The van der Waals surface area contributed by atoms with Gasteiger partial charge in [-0.05, 0) is 63.7 Å². The first-order valence-corrected chi connectivity index (χ1v) is 16.1. The van der Waals surface area contributed by atoms with Crippen molar-refractivity contribution in [3.8, 4) is 22.3 Å². The van der Waals surface area contributed by atoms with Gasteiger partial charge in [-0.2, -0.15) is 0 Å². The van der Waals surface area contributed by atoms with Crippen molar-refractivity contribution in [2.45, 2.75) is 0 Å². The van der Waals surface area contributed by atoms with Crippen molar-refractivity contribution >= 4 is 79.1 Å². The van der Waals surface area contributed by atoms with Gasteiger partial charge in [-0.15, -0.1) is 0 Å². The predicted molar refractivity (Wildman–Crippen MR) is 194 cm³/mol. The van der Waals surface area contributed by atoms with Crippen molar-refractivity contribution in [2.75, 3.05) is 9.62 Å². The van der Waals surface area contributed by atoms with E-state index in [9.17, 15) is 0 Å². The molecule has 2 aliphatic rings. The van der Waals surface area contributed by atoms with Crippen molar-refractivity contribution in [3.63, 3.8) is 0 Å². The van der Waals surface area contributed by atoms with Crippen molar-refractivity contribution in [2.24, 2.45) is 0 Å². The number of fused-ring (bicyclic) bond motifs is 15. The fraction of sp³-hybridized carbons (Fsp3) is 0. The molecule has 11 rings (SSSR count). The lowest BCUT2D eigenvalue weighted by atomic mass is 9.63. The molecule has 7 aromatic carbocycles. The zero-order valence-corrected chi connectivity index (χ0v) is 25.2. The molecule has 2 aliphatic heterocycles. The summed E-state index contributed by atoms with van der Waals surface area (Å²) in [5.41, 5.74) is 10.6. The number of benzene rings is 7. The second kappa shape index (κ2) is 9.18. The van der Waals surface area contributed by atoms with Crippen LogP contribution in [0.3, 0.4) is 0 Å². The Kier molecular flexibility index (Phi) is 4.89. The highest BCUT2D eigenvalue weighted by Gasteiger charge is 2.54. The Morgan fingerprint density at radius 1 is 0.447 bits per heavy atom. The molecule has 0 unspecified atom stereocenters. The normalized spacial score (nSPS) is 13.4. The molecule has 5 heteroatoms. The van der Waals surface area contributed by atoms with E-state index in [1.54, 1.807) is 0 Å². The van der Waals surface area contributed by atoms with E-state index in [2.05, 4.69) is 155 Å². The first-order chi connectivity index (χ1) is 23.3. The second-order valence-electron chi connectivity index (χ2n) is 12.5. The molecule has 4 nitrogen and oxygen atoms in total. The molecule has 0 saturated carbocycles. The van der Waals surface area contributed by atoms with Gasteiger partial charge in [0.05, 0.1) is 0 Å². The number of hydrogen-bond donors (Lipinski definition) is 0. The van der Waals surface area contributed by atoms with Gasteiger partial charge in [0.2, 0.25) is 5.88 Å². The summed E-state index contributed by atoms with van der Waals surface area (Å²) in [7, 11) is 0. The molecule has 0 spiro atoms. The maximum absolute atomic E-state index is 6.95. The third kappa shape index (κ3) is 3.32. The fourth-order valence-corrected chi connectivity index (χ4v) is 8.01. The van der Waals surface area contributed by atoms with Crippen molar-refractivity contribution in [3.05, 3.63) is 152 Å². The van der Waals surface area contributed by atoms with Gasteiger partial charge in [0, 0.05) is 38.7 Å². The average Bonchev–Trinajstić information content (AvgIpc) is 3.81. The Bertz CT molecular complexity index is 2730. The predicted octanol–water partition coefficient (Wildman–Crippen LogP) is 10.8. The molecule has 0 bridgehead atoms. The van der Waals surface area contributed by atoms with Gasteiger partial charge in [-0.25, -0.2) is 0 Å². The third-order valence-corrected chi connectivity index (χ3v) is 10.00. The van der Waals surface area contributed by atoms with Crippen LogP contribution in [0.5, 0.6) is 0 Å². The summed E-state index contributed by atoms with van der Waals surface area (Å²) in [5.74, 6) is 0.827. The Labute approximate surface area is 270 Å². The largest absolute Gasteiger partial charge is 0.465 e. The Hall–Kier alpha value is -6.20. The lowest BCUT2D eigenvalue weighted by Crippen LogP contribution is -2.55. The standard InChI is InChI=1S/C42H25BN2O2/c1-2-12-26(13-3-1)27-22-23-35-34(24-27)39-32-18-8-10-20-37(32)46-41(39)43-44(40-33-19-9-11-21-38(33)47-42(40)45(35)43)36-25-28-14-4-5-15-29(28)30-16-6-7-17-31(30)36/h1-25H. The maximum Gasteiger partial charge on any atom is 0.462 e. The number of anilines is 4. The highest BCUT2D eigenvalue weighted by atomic mass is 16.4. The Morgan fingerprint density at radius 3 is 1.94 bits per heavy atom. The van der Waals surface area contributed by atoms with E-state index < -0.39 is 0 Å². The highest BCUT2D eigenvalue weighted by Crippen LogP contribution is 2.57. The summed E-state index contributed by atoms with van der Waals surface area (Å²) in [6.07, 6.45) is 0. The first kappa shape index (κ1) is 25.0. The van der Waals surface area contributed by atoms with Crippen molar-refractivity contribution < 1.29 is 8.83 Å². The van der Waals surface area contributed by atoms with Crippen LogP contribution in [0, 0.1) is 0 Å². The van der Waals surface area contributed by atoms with Gasteiger partial charge < -0.3 is 18.5 Å². The van der Waals surface area contributed by atoms with Crippen LogP contribution in [0.25, 0.3) is 65.7 Å². The minimum atomic E-state index is -0.296. The quantitative estimate of drug-likeness (QED) is 0.146. The zero-order chi connectivity index (χ0) is 30.6. The van der Waals surface area contributed by atoms with Crippen LogP contribution in [0.15, 0.2) is 160 Å². The van der Waals surface area contributed by atoms with E-state index in [0.29, 0.717) is 0 Å². The van der Waals surface area contributed by atoms with Crippen LogP contribution in [-0.2, 0) is 0 Å². The van der Waals surface area contributed by atoms with Crippen molar-refractivity contribution in [1.82, 2.24) is 0 Å². The summed E-state index contributed by atoms with van der Waals surface area (Å²) >= 11 is 0. The minimum absolute atomic E-state index is 0.296. The number of furan rings is 2. The summed E-state index contributed by atoms with van der Waals surface area (Å²) in [5, 5.41) is 7.04. The van der Waals surface area contributed by atoms with E-state index in [-0.39, 0.29) is 6.98 Å². The highest BCUT2D eigenvalue weighted by molar-refractivity contribution is 6.86.